The summed E-state index contributed by atoms with van der Waals surface area (Å²) in [6.07, 6.45) is 0. The number of carbonyl (C=O) groups is 1. The number of thiophene rings is 1. The first-order chi connectivity index (χ1) is 7.59. The highest BCUT2D eigenvalue weighted by molar-refractivity contribution is 9.11. The second-order valence-electron chi connectivity index (χ2n) is 3.11. The number of hydrogen-bond donors (Lipinski definition) is 1. The molecular weight excluding hydrogens is 312 g/mol. The van der Waals surface area contributed by atoms with E-state index in [1.165, 1.54) is 11.3 Å². The van der Waals surface area contributed by atoms with Gasteiger partial charge in [0.1, 0.15) is 0 Å². The van der Waals surface area contributed by atoms with Crippen LogP contribution in [0.4, 0.5) is 0 Å². The van der Waals surface area contributed by atoms with Crippen molar-refractivity contribution < 1.29 is 9.90 Å². The van der Waals surface area contributed by atoms with Gasteiger partial charge in [-0.1, -0.05) is 23.7 Å². The van der Waals surface area contributed by atoms with Crippen LogP contribution in [0.5, 0.6) is 0 Å². The highest BCUT2D eigenvalue weighted by Crippen LogP contribution is 2.35. The first-order valence-corrected chi connectivity index (χ1v) is 6.41. The van der Waals surface area contributed by atoms with Crippen LogP contribution in [0, 0.1) is 0 Å². The van der Waals surface area contributed by atoms with Gasteiger partial charge in [-0.2, -0.15) is 0 Å². The lowest BCUT2D eigenvalue weighted by molar-refractivity contribution is 0.0697. The predicted octanol–water partition coefficient (Wildman–Crippen LogP) is 4.53. The third-order valence-electron chi connectivity index (χ3n) is 2.12. The molecule has 0 saturated heterocycles. The van der Waals surface area contributed by atoms with Gasteiger partial charge in [0.25, 0.3) is 0 Å². The van der Waals surface area contributed by atoms with E-state index in [0.717, 1.165) is 5.56 Å². The van der Waals surface area contributed by atoms with E-state index in [4.69, 9.17) is 16.7 Å². The van der Waals surface area contributed by atoms with Gasteiger partial charge in [-0.25, -0.2) is 4.79 Å². The van der Waals surface area contributed by atoms with Crippen LogP contribution in [-0.2, 0) is 0 Å². The summed E-state index contributed by atoms with van der Waals surface area (Å²) < 4.78 is 0.630. The molecule has 0 atom stereocenters. The molecule has 0 aliphatic heterocycles. The normalized spacial score (nSPS) is 10.4. The van der Waals surface area contributed by atoms with Crippen LogP contribution in [0.3, 0.4) is 0 Å². The minimum absolute atomic E-state index is 0.298. The number of rotatable bonds is 2. The Kier molecular flexibility index (Phi) is 3.33. The Morgan fingerprint density at radius 2 is 1.94 bits per heavy atom. The molecular formula is C11H6BrClO2S. The third kappa shape index (κ3) is 2.14. The van der Waals surface area contributed by atoms with E-state index in [0.29, 0.717) is 19.9 Å². The average molecular weight is 318 g/mol. The van der Waals surface area contributed by atoms with Crippen LogP contribution < -0.4 is 0 Å². The van der Waals surface area contributed by atoms with Crippen molar-refractivity contribution in [2.24, 2.45) is 0 Å². The molecule has 0 fully saturated rings. The zero-order valence-corrected chi connectivity index (χ0v) is 11.1. The molecule has 82 valence electrons. The molecule has 2 aromatic rings. The van der Waals surface area contributed by atoms with Gasteiger partial charge in [0, 0.05) is 16.0 Å². The van der Waals surface area contributed by atoms with Crippen LogP contribution in [0.15, 0.2) is 33.4 Å². The summed E-state index contributed by atoms with van der Waals surface area (Å²) >= 11 is 10.4. The van der Waals surface area contributed by atoms with E-state index >= 15 is 0 Å². The highest BCUT2D eigenvalue weighted by Gasteiger charge is 2.17. The first kappa shape index (κ1) is 11.6. The van der Waals surface area contributed by atoms with E-state index in [2.05, 4.69) is 15.9 Å². The van der Waals surface area contributed by atoms with E-state index < -0.39 is 5.97 Å². The number of carboxylic acids is 1. The largest absolute Gasteiger partial charge is 0.478 e. The highest BCUT2D eigenvalue weighted by atomic mass is 79.9. The lowest BCUT2D eigenvalue weighted by Gasteiger charge is -2.01. The van der Waals surface area contributed by atoms with Crippen molar-refractivity contribution in [1.82, 2.24) is 0 Å². The van der Waals surface area contributed by atoms with Crippen LogP contribution in [0.1, 0.15) is 10.4 Å². The summed E-state index contributed by atoms with van der Waals surface area (Å²) in [5.74, 6) is -0.932. The second kappa shape index (κ2) is 4.57. The molecule has 5 heteroatoms. The van der Waals surface area contributed by atoms with Crippen LogP contribution in [0.25, 0.3) is 11.1 Å². The minimum Gasteiger partial charge on any atom is -0.478 e. The van der Waals surface area contributed by atoms with Crippen molar-refractivity contribution in [3.63, 3.8) is 0 Å². The van der Waals surface area contributed by atoms with Crippen molar-refractivity contribution in [3.8, 4) is 11.1 Å². The Labute approximate surface area is 110 Å². The van der Waals surface area contributed by atoms with Crippen LogP contribution in [-0.4, -0.2) is 11.1 Å². The van der Waals surface area contributed by atoms with Gasteiger partial charge in [-0.3, -0.25) is 0 Å². The Morgan fingerprint density at radius 1 is 1.31 bits per heavy atom. The molecule has 0 spiro atoms. The smallest absolute Gasteiger partial charge is 0.338 e. The van der Waals surface area contributed by atoms with Crippen molar-refractivity contribution in [1.29, 1.82) is 0 Å². The van der Waals surface area contributed by atoms with Gasteiger partial charge < -0.3 is 5.11 Å². The van der Waals surface area contributed by atoms with Crippen molar-refractivity contribution in [2.45, 2.75) is 0 Å². The molecule has 1 heterocycles. The summed E-state index contributed by atoms with van der Waals surface area (Å²) in [4.78, 5) is 11.1. The summed E-state index contributed by atoms with van der Waals surface area (Å²) in [5, 5.41) is 11.6. The zero-order valence-electron chi connectivity index (χ0n) is 7.91. The topological polar surface area (TPSA) is 37.3 Å². The van der Waals surface area contributed by atoms with Gasteiger partial charge >= 0.3 is 5.97 Å². The summed E-state index contributed by atoms with van der Waals surface area (Å²) in [6, 6.07) is 7.11. The Balaban J connectivity index is 2.56. The SMILES string of the molecule is O=C(O)c1c(-c2ccc(Cl)cc2)csc1Br. The molecule has 1 N–H and O–H groups in total. The maximum absolute atomic E-state index is 11.1. The zero-order chi connectivity index (χ0) is 11.7. The van der Waals surface area contributed by atoms with Crippen molar-refractivity contribution in [3.05, 3.63) is 44.0 Å². The lowest BCUT2D eigenvalue weighted by atomic mass is 10.1. The average Bonchev–Trinajstić information content (AvgIpc) is 2.61. The molecule has 1 aromatic heterocycles. The molecule has 0 aliphatic carbocycles. The molecule has 1 aromatic carbocycles. The van der Waals surface area contributed by atoms with Crippen LogP contribution >= 0.6 is 38.9 Å². The van der Waals surface area contributed by atoms with Crippen molar-refractivity contribution >= 4 is 44.8 Å². The van der Waals surface area contributed by atoms with Crippen molar-refractivity contribution in [2.75, 3.05) is 0 Å². The summed E-state index contributed by atoms with van der Waals surface area (Å²) in [5.41, 5.74) is 1.86. The van der Waals surface area contributed by atoms with Gasteiger partial charge in [0.05, 0.1) is 9.35 Å². The molecule has 2 nitrogen and oxygen atoms in total. The predicted molar refractivity (Wildman–Crippen MR) is 69.4 cm³/mol. The Hall–Kier alpha value is -0.840. The first-order valence-electron chi connectivity index (χ1n) is 4.36. The third-order valence-corrected chi connectivity index (χ3v) is 4.09. The van der Waals surface area contributed by atoms with Gasteiger partial charge in [0.2, 0.25) is 0 Å². The van der Waals surface area contributed by atoms with Gasteiger partial charge in [-0.05, 0) is 33.6 Å². The van der Waals surface area contributed by atoms with E-state index in [-0.39, 0.29) is 0 Å². The molecule has 2 rings (SSSR count). The fourth-order valence-corrected chi connectivity index (χ4v) is 2.96. The molecule has 16 heavy (non-hydrogen) atoms. The quantitative estimate of drug-likeness (QED) is 0.883. The fourth-order valence-electron chi connectivity index (χ4n) is 1.38. The lowest BCUT2D eigenvalue weighted by Crippen LogP contribution is -1.97. The number of halogens is 2. The van der Waals surface area contributed by atoms with E-state index in [1.807, 2.05) is 17.5 Å². The Morgan fingerprint density at radius 3 is 2.50 bits per heavy atom. The fraction of sp³-hybridized carbons (Fsp3) is 0. The molecule has 0 aliphatic rings. The number of carboxylic acid groups (broad SMARTS) is 1. The molecule has 0 unspecified atom stereocenters. The molecule has 0 saturated carbocycles. The van der Waals surface area contributed by atoms with Crippen LogP contribution in [0.2, 0.25) is 5.02 Å². The number of hydrogen-bond acceptors (Lipinski definition) is 2. The monoisotopic (exact) mass is 316 g/mol. The minimum atomic E-state index is -0.932. The second-order valence-corrected chi connectivity index (χ2v) is 5.74. The summed E-state index contributed by atoms with van der Waals surface area (Å²) in [7, 11) is 0. The summed E-state index contributed by atoms with van der Waals surface area (Å²) in [6.45, 7) is 0. The molecule has 0 amide bonds. The maximum Gasteiger partial charge on any atom is 0.338 e. The molecule has 0 radical (unpaired) electrons. The maximum atomic E-state index is 11.1. The number of benzene rings is 1. The number of aromatic carboxylic acids is 1. The van der Waals surface area contributed by atoms with Gasteiger partial charge in [-0.15, -0.1) is 11.3 Å². The van der Waals surface area contributed by atoms with Gasteiger partial charge in [0.15, 0.2) is 0 Å². The molecule has 0 bridgehead atoms. The van der Waals surface area contributed by atoms with E-state index in [9.17, 15) is 4.79 Å². The standard InChI is InChI=1S/C11H6BrClO2S/c12-10-9(11(14)15)8(5-16-10)6-1-3-7(13)4-2-6/h1-5H,(H,14,15). The van der Waals surface area contributed by atoms with E-state index in [1.54, 1.807) is 12.1 Å². The Bertz CT molecular complexity index is 533.